The molecular weight excluding hydrogens is 355 g/mol. The maximum atomic E-state index is 13.0. The van der Waals surface area contributed by atoms with E-state index < -0.39 is 17.3 Å². The maximum absolute atomic E-state index is 13.0. The first-order valence-electron chi connectivity index (χ1n) is 8.57. The van der Waals surface area contributed by atoms with Gasteiger partial charge in [0.25, 0.3) is 0 Å². The molecule has 1 aliphatic rings. The Balaban J connectivity index is 1.69. The van der Waals surface area contributed by atoms with Crippen LogP contribution >= 0.6 is 0 Å². The minimum Gasteiger partial charge on any atom is -0.381 e. The highest BCUT2D eigenvalue weighted by atomic mass is 19.4. The van der Waals surface area contributed by atoms with Crippen LogP contribution in [0, 0.1) is 11.3 Å². The van der Waals surface area contributed by atoms with Crippen molar-refractivity contribution in [2.45, 2.75) is 32.1 Å². The molecule has 1 heterocycles. The van der Waals surface area contributed by atoms with Crippen LogP contribution in [0.2, 0.25) is 0 Å². The van der Waals surface area contributed by atoms with E-state index in [-0.39, 0.29) is 5.91 Å². The molecule has 0 spiro atoms. The second-order valence-electron chi connectivity index (χ2n) is 6.46. The number of halogens is 3. The first-order chi connectivity index (χ1) is 12.9. The van der Waals surface area contributed by atoms with E-state index in [1.165, 1.54) is 12.1 Å². The summed E-state index contributed by atoms with van der Waals surface area (Å²) >= 11 is 0. The number of benzene rings is 2. The molecule has 0 unspecified atom stereocenters. The highest BCUT2D eigenvalue weighted by Gasteiger charge is 2.33. The van der Waals surface area contributed by atoms with Crippen LogP contribution in [0.5, 0.6) is 0 Å². The second-order valence-corrected chi connectivity index (χ2v) is 6.46. The molecule has 0 bridgehead atoms. The fraction of sp³-hybridized carbons (Fsp3) is 0.300. The predicted octanol–water partition coefficient (Wildman–Crippen LogP) is 4.31. The zero-order chi connectivity index (χ0) is 19.4. The zero-order valence-electron chi connectivity index (χ0n) is 14.5. The Morgan fingerprint density at radius 3 is 2.59 bits per heavy atom. The Hall–Kier alpha value is -3.01. The minimum atomic E-state index is -4.58. The molecular formula is C20H18F3N3O. The van der Waals surface area contributed by atoms with Gasteiger partial charge >= 0.3 is 6.18 Å². The molecule has 0 atom stereocenters. The quantitative estimate of drug-likeness (QED) is 0.850. The topological polar surface area (TPSA) is 56.1 Å². The number of carbonyl (C=O) groups excluding carboxylic acids is 1. The average Bonchev–Trinajstić information content (AvgIpc) is 3.04. The van der Waals surface area contributed by atoms with E-state index in [1.807, 2.05) is 29.2 Å². The third-order valence-electron chi connectivity index (χ3n) is 4.48. The van der Waals surface area contributed by atoms with Crippen LogP contribution in [0.25, 0.3) is 0 Å². The van der Waals surface area contributed by atoms with E-state index in [1.54, 1.807) is 6.07 Å². The molecule has 3 rings (SSSR count). The molecule has 0 saturated carbocycles. The molecule has 1 fully saturated rings. The number of nitriles is 1. The van der Waals surface area contributed by atoms with Crippen LogP contribution < -0.4 is 5.32 Å². The van der Waals surface area contributed by atoms with Gasteiger partial charge < -0.3 is 10.2 Å². The molecule has 1 amide bonds. The minimum absolute atomic E-state index is 0.149. The van der Waals surface area contributed by atoms with Crippen molar-refractivity contribution in [3.8, 4) is 6.07 Å². The number of nitrogens with zero attached hydrogens (tertiary/aromatic N) is 2. The monoisotopic (exact) mass is 373 g/mol. The Labute approximate surface area is 155 Å². The summed E-state index contributed by atoms with van der Waals surface area (Å²) < 4.78 is 39.1. The molecule has 0 aromatic heterocycles. The average molecular weight is 373 g/mol. The molecule has 27 heavy (non-hydrogen) atoms. The van der Waals surface area contributed by atoms with Crippen LogP contribution in [0.15, 0.2) is 42.5 Å². The van der Waals surface area contributed by atoms with Crippen molar-refractivity contribution in [1.29, 1.82) is 5.26 Å². The lowest BCUT2D eigenvalue weighted by Crippen LogP contribution is -2.23. The highest BCUT2D eigenvalue weighted by Crippen LogP contribution is 2.33. The van der Waals surface area contributed by atoms with Crippen LogP contribution in [-0.2, 0) is 24.1 Å². The molecule has 1 saturated heterocycles. The normalized spacial score (nSPS) is 14.3. The Bertz CT molecular complexity index is 887. The van der Waals surface area contributed by atoms with Gasteiger partial charge in [0.1, 0.15) is 0 Å². The Morgan fingerprint density at radius 2 is 1.93 bits per heavy atom. The molecule has 1 N–H and O–H groups in total. The van der Waals surface area contributed by atoms with Crippen molar-refractivity contribution < 1.29 is 18.0 Å². The summed E-state index contributed by atoms with van der Waals surface area (Å²) in [6.45, 7) is 1.64. The number of alkyl halides is 3. The van der Waals surface area contributed by atoms with E-state index in [9.17, 15) is 18.0 Å². The third kappa shape index (κ3) is 4.59. The fourth-order valence-corrected chi connectivity index (χ4v) is 3.12. The lowest BCUT2D eigenvalue weighted by molar-refractivity contribution is -0.137. The van der Waals surface area contributed by atoms with E-state index in [4.69, 9.17) is 5.26 Å². The third-order valence-corrected chi connectivity index (χ3v) is 4.48. The summed E-state index contributed by atoms with van der Waals surface area (Å²) in [6.07, 6.45) is -3.12. The Kier molecular flexibility index (Phi) is 5.36. The maximum Gasteiger partial charge on any atom is 0.417 e. The van der Waals surface area contributed by atoms with Gasteiger partial charge in [0.15, 0.2) is 0 Å². The molecule has 1 aliphatic heterocycles. The molecule has 2 aromatic carbocycles. The van der Waals surface area contributed by atoms with Gasteiger partial charge in [-0.1, -0.05) is 24.3 Å². The van der Waals surface area contributed by atoms with Crippen molar-refractivity contribution >= 4 is 11.6 Å². The van der Waals surface area contributed by atoms with Crippen LogP contribution in [0.4, 0.5) is 18.9 Å². The number of rotatable bonds is 5. The molecule has 7 heteroatoms. The van der Waals surface area contributed by atoms with E-state index in [0.717, 1.165) is 30.2 Å². The van der Waals surface area contributed by atoms with Gasteiger partial charge in [0.2, 0.25) is 5.91 Å². The summed E-state index contributed by atoms with van der Waals surface area (Å²) in [5, 5.41) is 11.8. The number of likely N-dealkylation sites (tertiary alicyclic amines) is 1. The van der Waals surface area contributed by atoms with Crippen LogP contribution in [0.1, 0.15) is 35.1 Å². The van der Waals surface area contributed by atoms with Gasteiger partial charge in [0, 0.05) is 31.7 Å². The van der Waals surface area contributed by atoms with Crippen LogP contribution in [-0.4, -0.2) is 17.4 Å². The molecule has 0 radical (unpaired) electrons. The van der Waals surface area contributed by atoms with Crippen molar-refractivity contribution in [3.05, 3.63) is 64.7 Å². The van der Waals surface area contributed by atoms with Crippen LogP contribution in [0.3, 0.4) is 0 Å². The van der Waals surface area contributed by atoms with Gasteiger partial charge in [-0.05, 0) is 35.7 Å². The summed E-state index contributed by atoms with van der Waals surface area (Å²) in [5.41, 5.74) is 0.834. The van der Waals surface area contributed by atoms with Gasteiger partial charge in [-0.3, -0.25) is 4.79 Å². The number of hydrogen-bond acceptors (Lipinski definition) is 3. The largest absolute Gasteiger partial charge is 0.417 e. The van der Waals surface area contributed by atoms with Crippen molar-refractivity contribution in [1.82, 2.24) is 4.90 Å². The summed E-state index contributed by atoms with van der Waals surface area (Å²) in [4.78, 5) is 13.5. The molecule has 4 nitrogen and oxygen atoms in total. The van der Waals surface area contributed by atoms with Gasteiger partial charge in [-0.25, -0.2) is 0 Å². The first kappa shape index (κ1) is 18.8. The van der Waals surface area contributed by atoms with Gasteiger partial charge in [-0.2, -0.15) is 18.4 Å². The van der Waals surface area contributed by atoms with E-state index in [0.29, 0.717) is 25.2 Å². The van der Waals surface area contributed by atoms with Crippen molar-refractivity contribution in [3.63, 3.8) is 0 Å². The number of anilines is 1. The number of amides is 1. The molecule has 0 aliphatic carbocycles. The van der Waals surface area contributed by atoms with Gasteiger partial charge in [0.05, 0.1) is 17.2 Å². The molecule has 2 aromatic rings. The standard InChI is InChI=1S/C20H18F3N3O/c21-20(22,23)18-10-17(7-6-16(18)11-24)25-12-14-3-1-4-15(9-14)13-26-8-2-5-19(26)27/h1,3-4,6-7,9-10,25H,2,5,8,12-13H2. The molecule has 140 valence electrons. The number of carbonyl (C=O) groups is 1. The van der Waals surface area contributed by atoms with Gasteiger partial charge in [-0.15, -0.1) is 0 Å². The fourth-order valence-electron chi connectivity index (χ4n) is 3.12. The van der Waals surface area contributed by atoms with Crippen molar-refractivity contribution in [2.24, 2.45) is 0 Å². The number of nitrogens with one attached hydrogen (secondary N) is 1. The van der Waals surface area contributed by atoms with Crippen molar-refractivity contribution in [2.75, 3.05) is 11.9 Å². The lowest BCUT2D eigenvalue weighted by atomic mass is 10.1. The van der Waals surface area contributed by atoms with E-state index >= 15 is 0 Å². The Morgan fingerprint density at radius 1 is 1.15 bits per heavy atom. The SMILES string of the molecule is N#Cc1ccc(NCc2cccc(CN3CCCC3=O)c2)cc1C(F)(F)F. The summed E-state index contributed by atoms with van der Waals surface area (Å²) in [6, 6.07) is 12.8. The summed E-state index contributed by atoms with van der Waals surface area (Å²) in [5.74, 6) is 0.149. The predicted molar refractivity (Wildman–Crippen MR) is 94.6 cm³/mol. The first-order valence-corrected chi connectivity index (χ1v) is 8.57. The smallest absolute Gasteiger partial charge is 0.381 e. The highest BCUT2D eigenvalue weighted by molar-refractivity contribution is 5.78. The zero-order valence-corrected chi connectivity index (χ0v) is 14.5. The second kappa shape index (κ2) is 7.70. The van der Waals surface area contributed by atoms with E-state index in [2.05, 4.69) is 5.32 Å². The summed E-state index contributed by atoms with van der Waals surface area (Å²) in [7, 11) is 0. The lowest BCUT2D eigenvalue weighted by Gasteiger charge is -2.16. The number of hydrogen-bond donors (Lipinski definition) is 1.